The molecule has 0 fully saturated rings. The largest absolute Gasteiger partial charge is 0.497 e. The fraction of sp³-hybridized carbons (Fsp3) is 0.250. The van der Waals surface area contributed by atoms with Crippen LogP contribution < -0.4 is 15.4 Å². The van der Waals surface area contributed by atoms with Gasteiger partial charge in [0, 0.05) is 37.6 Å². The van der Waals surface area contributed by atoms with Crippen LogP contribution in [0.4, 0.5) is 0 Å². The number of hydrogen-bond acceptors (Lipinski definition) is 4. The molecule has 1 aromatic carbocycles. The standard InChI is InChI=1S/C16H19N3O2/c1-21-15-4-2-3-13(11-15)12-18-9-10-19-16(20)14-5-7-17-8-6-14/h2-8,11,18H,9-10,12H2,1H3,(H,19,20). The van der Waals surface area contributed by atoms with Crippen LogP contribution >= 0.6 is 0 Å². The number of carbonyl (C=O) groups is 1. The van der Waals surface area contributed by atoms with Gasteiger partial charge in [0.1, 0.15) is 5.75 Å². The van der Waals surface area contributed by atoms with Gasteiger partial charge in [-0.05, 0) is 29.8 Å². The lowest BCUT2D eigenvalue weighted by molar-refractivity contribution is 0.0954. The zero-order chi connectivity index (χ0) is 14.9. The van der Waals surface area contributed by atoms with Crippen molar-refractivity contribution in [2.24, 2.45) is 0 Å². The first-order chi connectivity index (χ1) is 10.3. The Morgan fingerprint density at radius 2 is 2.00 bits per heavy atom. The van der Waals surface area contributed by atoms with E-state index in [9.17, 15) is 4.79 Å². The van der Waals surface area contributed by atoms with E-state index in [0.29, 0.717) is 18.7 Å². The number of ether oxygens (including phenoxy) is 1. The summed E-state index contributed by atoms with van der Waals surface area (Å²) in [4.78, 5) is 15.7. The van der Waals surface area contributed by atoms with E-state index in [1.54, 1.807) is 31.6 Å². The Balaban J connectivity index is 1.67. The molecule has 0 atom stereocenters. The van der Waals surface area contributed by atoms with E-state index in [1.807, 2.05) is 24.3 Å². The van der Waals surface area contributed by atoms with E-state index < -0.39 is 0 Å². The van der Waals surface area contributed by atoms with Gasteiger partial charge in [-0.15, -0.1) is 0 Å². The highest BCUT2D eigenvalue weighted by molar-refractivity contribution is 5.93. The van der Waals surface area contributed by atoms with Crippen LogP contribution in [0.2, 0.25) is 0 Å². The van der Waals surface area contributed by atoms with Crippen LogP contribution in [0.15, 0.2) is 48.8 Å². The summed E-state index contributed by atoms with van der Waals surface area (Å²) in [6.07, 6.45) is 3.21. The molecular weight excluding hydrogens is 266 g/mol. The van der Waals surface area contributed by atoms with Gasteiger partial charge in [0.05, 0.1) is 7.11 Å². The molecule has 0 aliphatic heterocycles. The first-order valence-electron chi connectivity index (χ1n) is 6.81. The normalized spacial score (nSPS) is 10.1. The number of methoxy groups -OCH3 is 1. The minimum absolute atomic E-state index is 0.0828. The summed E-state index contributed by atoms with van der Waals surface area (Å²) >= 11 is 0. The number of carbonyl (C=O) groups excluding carboxylic acids is 1. The molecule has 0 saturated carbocycles. The van der Waals surface area contributed by atoms with Crippen molar-refractivity contribution in [3.05, 3.63) is 59.9 Å². The first-order valence-corrected chi connectivity index (χ1v) is 6.81. The van der Waals surface area contributed by atoms with Crippen molar-refractivity contribution in [2.75, 3.05) is 20.2 Å². The highest BCUT2D eigenvalue weighted by atomic mass is 16.5. The molecular formula is C16H19N3O2. The van der Waals surface area contributed by atoms with Crippen LogP contribution in [-0.4, -0.2) is 31.1 Å². The number of nitrogens with one attached hydrogen (secondary N) is 2. The second-order valence-electron chi connectivity index (χ2n) is 4.52. The number of benzene rings is 1. The Bertz CT molecular complexity index is 573. The van der Waals surface area contributed by atoms with Crippen molar-refractivity contribution in [1.82, 2.24) is 15.6 Å². The molecule has 1 heterocycles. The van der Waals surface area contributed by atoms with Crippen LogP contribution in [0.5, 0.6) is 5.75 Å². The molecule has 0 spiro atoms. The van der Waals surface area contributed by atoms with Crippen molar-refractivity contribution >= 4 is 5.91 Å². The van der Waals surface area contributed by atoms with E-state index >= 15 is 0 Å². The van der Waals surface area contributed by atoms with Crippen LogP contribution in [0, 0.1) is 0 Å². The number of amides is 1. The van der Waals surface area contributed by atoms with Gasteiger partial charge in [0.25, 0.3) is 5.91 Å². The maximum atomic E-state index is 11.8. The minimum Gasteiger partial charge on any atom is -0.497 e. The molecule has 2 rings (SSSR count). The molecule has 0 bridgehead atoms. The molecule has 0 aliphatic rings. The highest BCUT2D eigenvalue weighted by Gasteiger charge is 2.02. The maximum Gasteiger partial charge on any atom is 0.251 e. The average molecular weight is 285 g/mol. The predicted molar refractivity (Wildman–Crippen MR) is 81.3 cm³/mol. The van der Waals surface area contributed by atoms with E-state index in [0.717, 1.165) is 17.9 Å². The van der Waals surface area contributed by atoms with Crippen molar-refractivity contribution < 1.29 is 9.53 Å². The van der Waals surface area contributed by atoms with Crippen molar-refractivity contribution in [2.45, 2.75) is 6.54 Å². The van der Waals surface area contributed by atoms with Crippen LogP contribution in [0.25, 0.3) is 0 Å². The van der Waals surface area contributed by atoms with Crippen LogP contribution in [0.1, 0.15) is 15.9 Å². The van der Waals surface area contributed by atoms with E-state index in [1.165, 1.54) is 0 Å². The third-order valence-electron chi connectivity index (χ3n) is 2.99. The second kappa shape index (κ2) is 8.01. The molecule has 2 N–H and O–H groups in total. The van der Waals surface area contributed by atoms with Crippen molar-refractivity contribution in [1.29, 1.82) is 0 Å². The average Bonchev–Trinajstić information content (AvgIpc) is 2.55. The Morgan fingerprint density at radius 1 is 1.19 bits per heavy atom. The number of nitrogens with zero attached hydrogens (tertiary/aromatic N) is 1. The molecule has 0 aliphatic carbocycles. The smallest absolute Gasteiger partial charge is 0.251 e. The zero-order valence-corrected chi connectivity index (χ0v) is 12.0. The van der Waals surface area contributed by atoms with Gasteiger partial charge in [-0.1, -0.05) is 12.1 Å². The molecule has 21 heavy (non-hydrogen) atoms. The topological polar surface area (TPSA) is 63.2 Å². The summed E-state index contributed by atoms with van der Waals surface area (Å²) in [6, 6.07) is 11.3. The summed E-state index contributed by atoms with van der Waals surface area (Å²) in [5.41, 5.74) is 1.77. The lowest BCUT2D eigenvalue weighted by atomic mass is 10.2. The van der Waals surface area contributed by atoms with Gasteiger partial charge >= 0.3 is 0 Å². The molecule has 1 aromatic heterocycles. The van der Waals surface area contributed by atoms with Gasteiger partial charge in [-0.3, -0.25) is 9.78 Å². The fourth-order valence-corrected chi connectivity index (χ4v) is 1.88. The Labute approximate surface area is 124 Å². The molecule has 5 nitrogen and oxygen atoms in total. The first kappa shape index (κ1) is 15.0. The van der Waals surface area contributed by atoms with Crippen LogP contribution in [-0.2, 0) is 6.54 Å². The highest BCUT2D eigenvalue weighted by Crippen LogP contribution is 2.11. The summed E-state index contributed by atoms with van der Waals surface area (Å²) < 4.78 is 5.17. The predicted octanol–water partition coefficient (Wildman–Crippen LogP) is 1.61. The van der Waals surface area contributed by atoms with E-state index in [4.69, 9.17) is 4.74 Å². The summed E-state index contributed by atoms with van der Waals surface area (Å²) in [6.45, 7) is 2.02. The Hall–Kier alpha value is -2.40. The van der Waals surface area contributed by atoms with Gasteiger partial charge < -0.3 is 15.4 Å². The van der Waals surface area contributed by atoms with Crippen LogP contribution in [0.3, 0.4) is 0 Å². The molecule has 1 amide bonds. The zero-order valence-electron chi connectivity index (χ0n) is 12.0. The lowest BCUT2D eigenvalue weighted by Crippen LogP contribution is -2.31. The molecule has 5 heteroatoms. The monoisotopic (exact) mass is 285 g/mol. The summed E-state index contributed by atoms with van der Waals surface area (Å²) in [5, 5.41) is 6.13. The molecule has 0 radical (unpaired) electrons. The minimum atomic E-state index is -0.0828. The van der Waals surface area contributed by atoms with Gasteiger partial charge in [-0.25, -0.2) is 0 Å². The summed E-state index contributed by atoms with van der Waals surface area (Å²) in [7, 11) is 1.65. The van der Waals surface area contributed by atoms with Gasteiger partial charge in [-0.2, -0.15) is 0 Å². The third-order valence-corrected chi connectivity index (χ3v) is 2.99. The quantitative estimate of drug-likeness (QED) is 0.759. The lowest BCUT2D eigenvalue weighted by Gasteiger charge is -2.08. The van der Waals surface area contributed by atoms with E-state index in [-0.39, 0.29) is 5.91 Å². The van der Waals surface area contributed by atoms with E-state index in [2.05, 4.69) is 15.6 Å². The summed E-state index contributed by atoms with van der Waals surface area (Å²) in [5.74, 6) is 0.765. The number of hydrogen-bond donors (Lipinski definition) is 2. The molecule has 110 valence electrons. The number of aromatic nitrogens is 1. The molecule has 0 unspecified atom stereocenters. The van der Waals surface area contributed by atoms with Gasteiger partial charge in [0.2, 0.25) is 0 Å². The molecule has 2 aromatic rings. The van der Waals surface area contributed by atoms with Gasteiger partial charge in [0.15, 0.2) is 0 Å². The Kier molecular flexibility index (Phi) is 5.72. The Morgan fingerprint density at radius 3 is 2.76 bits per heavy atom. The maximum absolute atomic E-state index is 11.8. The number of pyridine rings is 1. The van der Waals surface area contributed by atoms with Crippen molar-refractivity contribution in [3.8, 4) is 5.75 Å². The molecule has 0 saturated heterocycles. The SMILES string of the molecule is COc1cccc(CNCCNC(=O)c2ccncc2)c1. The fourth-order valence-electron chi connectivity index (χ4n) is 1.88. The third kappa shape index (κ3) is 4.89. The van der Waals surface area contributed by atoms with Crippen molar-refractivity contribution in [3.63, 3.8) is 0 Å². The second-order valence-corrected chi connectivity index (χ2v) is 4.52. The number of rotatable bonds is 7.